The van der Waals surface area contributed by atoms with Gasteiger partial charge in [-0.25, -0.2) is 9.59 Å². The molecule has 12 heteroatoms. The van der Waals surface area contributed by atoms with Gasteiger partial charge in [0.15, 0.2) is 11.9 Å². The van der Waals surface area contributed by atoms with Gasteiger partial charge in [0.2, 0.25) is 5.89 Å². The molecule has 3 atom stereocenters. The molecule has 1 aromatic rings. The van der Waals surface area contributed by atoms with Crippen LogP contribution in [0.4, 0.5) is 4.79 Å². The number of aromatic nitrogens is 2. The van der Waals surface area contributed by atoms with Crippen molar-refractivity contribution in [2.45, 2.75) is 38.6 Å². The number of terminal acetylenes is 1. The van der Waals surface area contributed by atoms with Crippen molar-refractivity contribution in [3.05, 3.63) is 11.7 Å². The Morgan fingerprint density at radius 3 is 2.38 bits per heavy atom. The summed E-state index contributed by atoms with van der Waals surface area (Å²) < 4.78 is 4.76. The summed E-state index contributed by atoms with van der Waals surface area (Å²) in [7, 11) is 0. The monoisotopic (exact) mass is 373 g/mol. The number of aliphatic hydroxyl groups excluding tert-OH is 2. The van der Waals surface area contributed by atoms with E-state index in [1.807, 2.05) is 0 Å². The molecule has 1 heterocycles. The molecule has 2 unspecified atom stereocenters. The Balaban J connectivity index is 0. The number of aliphatic hydroxyl groups is 2. The molecule has 1 rings (SSSR count). The van der Waals surface area contributed by atoms with Gasteiger partial charge >= 0.3 is 12.0 Å². The SMILES string of the molecule is C#C.CC(O)C(NC(=O)NCc1noc([C@@H](N)CO)n1)C(=O)O.CC=O. The maximum Gasteiger partial charge on any atom is 0.328 e. The van der Waals surface area contributed by atoms with E-state index in [0.29, 0.717) is 0 Å². The van der Waals surface area contributed by atoms with Crippen LogP contribution in [0.15, 0.2) is 4.52 Å². The number of carboxylic acids is 1. The van der Waals surface area contributed by atoms with Gasteiger partial charge in [-0.05, 0) is 13.8 Å². The Morgan fingerprint density at radius 1 is 1.42 bits per heavy atom. The zero-order valence-corrected chi connectivity index (χ0v) is 14.3. The van der Waals surface area contributed by atoms with Crippen LogP contribution in [0.5, 0.6) is 0 Å². The minimum Gasteiger partial charge on any atom is -0.480 e. The summed E-state index contributed by atoms with van der Waals surface area (Å²) in [5, 5.41) is 34.7. The molecule has 0 spiro atoms. The third-order valence-corrected chi connectivity index (χ3v) is 2.44. The fourth-order valence-electron chi connectivity index (χ4n) is 1.31. The lowest BCUT2D eigenvalue weighted by atomic mass is 10.2. The number of urea groups is 1. The van der Waals surface area contributed by atoms with Gasteiger partial charge in [0.05, 0.1) is 19.3 Å². The highest BCUT2D eigenvalue weighted by atomic mass is 16.5. The van der Waals surface area contributed by atoms with E-state index in [4.69, 9.17) is 25.3 Å². The van der Waals surface area contributed by atoms with E-state index in [1.54, 1.807) is 0 Å². The van der Waals surface area contributed by atoms with Crippen LogP contribution in [0.3, 0.4) is 0 Å². The van der Waals surface area contributed by atoms with Crippen molar-refractivity contribution in [1.82, 2.24) is 20.8 Å². The summed E-state index contributed by atoms with van der Waals surface area (Å²) in [6.07, 6.45) is 7.49. The van der Waals surface area contributed by atoms with E-state index in [2.05, 4.69) is 33.6 Å². The lowest BCUT2D eigenvalue weighted by Gasteiger charge is -2.16. The number of rotatable bonds is 7. The van der Waals surface area contributed by atoms with Gasteiger partial charge < -0.3 is 41.0 Å². The minimum absolute atomic E-state index is 0.0158. The van der Waals surface area contributed by atoms with Gasteiger partial charge in [0, 0.05) is 0 Å². The zero-order chi connectivity index (χ0) is 20.7. The van der Waals surface area contributed by atoms with Crippen LogP contribution >= 0.6 is 0 Å². The van der Waals surface area contributed by atoms with E-state index >= 15 is 0 Å². The molecule has 7 N–H and O–H groups in total. The Labute approximate surface area is 149 Å². The molecule has 0 aromatic carbocycles. The summed E-state index contributed by atoms with van der Waals surface area (Å²) in [5.74, 6) is -1.24. The standard InChI is InChI=1S/C10H17N5O6.C2H4O.C2H2/c1-4(17)7(9(18)19)14-10(20)12-2-6-13-8(21-15-6)5(11)3-16;1-2-3;1-2/h4-5,7,16-17H,2-3,11H2,1H3,(H,18,19)(H2,12,14,20);2H,1H3;1-2H/t4?,5-,7?;;/m0../s1. The minimum atomic E-state index is -1.44. The molecule has 146 valence electrons. The first-order valence-corrected chi connectivity index (χ1v) is 7.14. The molecule has 1 aromatic heterocycles. The van der Waals surface area contributed by atoms with Gasteiger partial charge in [-0.15, -0.1) is 12.8 Å². The molecular weight excluding hydrogens is 350 g/mol. The van der Waals surface area contributed by atoms with E-state index in [9.17, 15) is 14.7 Å². The molecule has 0 radical (unpaired) electrons. The summed E-state index contributed by atoms with van der Waals surface area (Å²) in [5.41, 5.74) is 5.46. The first-order chi connectivity index (χ1) is 12.3. The lowest BCUT2D eigenvalue weighted by Crippen LogP contribution is -2.51. The number of hydrogen-bond donors (Lipinski definition) is 6. The molecular formula is C14H23N5O7. The highest BCUT2D eigenvalue weighted by molar-refractivity contribution is 5.82. The Bertz CT molecular complexity index is 573. The van der Waals surface area contributed by atoms with E-state index in [0.717, 1.165) is 6.29 Å². The van der Waals surface area contributed by atoms with Crippen LogP contribution in [0.25, 0.3) is 0 Å². The van der Waals surface area contributed by atoms with Crippen LogP contribution in [0.1, 0.15) is 31.6 Å². The highest BCUT2D eigenvalue weighted by Gasteiger charge is 2.25. The third-order valence-electron chi connectivity index (χ3n) is 2.44. The number of nitrogens with two attached hydrogens (primary N) is 1. The Kier molecular flexibility index (Phi) is 13.9. The van der Waals surface area contributed by atoms with Crippen molar-refractivity contribution < 1.29 is 34.2 Å². The van der Waals surface area contributed by atoms with E-state index in [-0.39, 0.29) is 24.9 Å². The lowest BCUT2D eigenvalue weighted by molar-refractivity contribution is -0.141. The number of aldehydes is 1. The van der Waals surface area contributed by atoms with Crippen molar-refractivity contribution in [3.8, 4) is 12.8 Å². The molecule has 0 aliphatic heterocycles. The number of amides is 2. The van der Waals surface area contributed by atoms with E-state index in [1.165, 1.54) is 13.8 Å². The topological polar surface area (TPSA) is 201 Å². The molecule has 0 saturated heterocycles. The molecule has 2 amide bonds. The summed E-state index contributed by atoms with van der Waals surface area (Å²) in [6.45, 7) is 2.17. The van der Waals surface area contributed by atoms with Crippen molar-refractivity contribution in [2.24, 2.45) is 5.73 Å². The van der Waals surface area contributed by atoms with Crippen LogP contribution < -0.4 is 16.4 Å². The number of hydrogen-bond acceptors (Lipinski definition) is 9. The third kappa shape index (κ3) is 9.98. The number of carbonyl (C=O) groups excluding carboxylic acids is 2. The summed E-state index contributed by atoms with van der Waals surface area (Å²) >= 11 is 0. The fraction of sp³-hybridized carbons (Fsp3) is 0.500. The summed E-state index contributed by atoms with van der Waals surface area (Å²) in [6, 6.07) is -3.07. The molecule has 0 fully saturated rings. The number of carbonyl (C=O) groups is 3. The maximum atomic E-state index is 11.5. The van der Waals surface area contributed by atoms with Gasteiger partial charge in [-0.1, -0.05) is 5.16 Å². The normalized spacial score (nSPS) is 12.7. The van der Waals surface area contributed by atoms with Crippen molar-refractivity contribution in [1.29, 1.82) is 0 Å². The number of aliphatic carboxylic acids is 1. The second kappa shape index (κ2) is 14.3. The second-order valence-corrected chi connectivity index (χ2v) is 4.46. The van der Waals surface area contributed by atoms with Crippen LogP contribution in [-0.2, 0) is 16.1 Å². The molecule has 0 bridgehead atoms. The molecule has 0 saturated carbocycles. The first-order valence-electron chi connectivity index (χ1n) is 7.14. The first kappa shape index (κ1) is 25.2. The average Bonchev–Trinajstić information content (AvgIpc) is 3.08. The van der Waals surface area contributed by atoms with Gasteiger partial charge in [-0.2, -0.15) is 4.98 Å². The highest BCUT2D eigenvalue weighted by Crippen LogP contribution is 2.05. The van der Waals surface area contributed by atoms with Crippen molar-refractivity contribution in [2.75, 3.05) is 6.61 Å². The number of nitrogens with zero attached hydrogens (tertiary/aromatic N) is 2. The predicted molar refractivity (Wildman–Crippen MR) is 88.4 cm³/mol. The van der Waals surface area contributed by atoms with Crippen LogP contribution in [0, 0.1) is 12.8 Å². The molecule has 26 heavy (non-hydrogen) atoms. The van der Waals surface area contributed by atoms with Crippen LogP contribution in [0.2, 0.25) is 0 Å². The quantitative estimate of drug-likeness (QED) is 0.233. The zero-order valence-electron chi connectivity index (χ0n) is 14.3. The van der Waals surface area contributed by atoms with Gasteiger partial charge in [-0.3, -0.25) is 0 Å². The smallest absolute Gasteiger partial charge is 0.328 e. The average molecular weight is 373 g/mol. The largest absolute Gasteiger partial charge is 0.480 e. The van der Waals surface area contributed by atoms with Gasteiger partial charge in [0.1, 0.15) is 12.3 Å². The molecule has 12 nitrogen and oxygen atoms in total. The maximum absolute atomic E-state index is 11.5. The second-order valence-electron chi connectivity index (χ2n) is 4.46. The summed E-state index contributed by atoms with van der Waals surface area (Å²) in [4.78, 5) is 34.9. The number of nitrogens with one attached hydrogen (secondary N) is 2. The van der Waals surface area contributed by atoms with Crippen molar-refractivity contribution in [3.63, 3.8) is 0 Å². The Morgan fingerprint density at radius 2 is 1.96 bits per heavy atom. The van der Waals surface area contributed by atoms with E-state index < -0.39 is 30.2 Å². The fourth-order valence-corrected chi connectivity index (χ4v) is 1.31. The van der Waals surface area contributed by atoms with Crippen LogP contribution in [-0.4, -0.2) is 62.5 Å². The Hall–Kier alpha value is -3.01. The number of carboxylic acid groups (broad SMARTS) is 1. The molecule has 0 aliphatic rings. The van der Waals surface area contributed by atoms with Crippen molar-refractivity contribution >= 4 is 18.3 Å². The predicted octanol–water partition coefficient (Wildman–Crippen LogP) is -1.85. The molecule has 0 aliphatic carbocycles. The van der Waals surface area contributed by atoms with Gasteiger partial charge in [0.25, 0.3) is 0 Å².